The van der Waals surface area contributed by atoms with Crippen LogP contribution in [0.2, 0.25) is 5.22 Å². The highest BCUT2D eigenvalue weighted by Gasteiger charge is 2.18. The summed E-state index contributed by atoms with van der Waals surface area (Å²) in [4.78, 5) is 19.0. The number of H-pyrrole nitrogens is 1. The zero-order chi connectivity index (χ0) is 12.3. The van der Waals surface area contributed by atoms with E-state index in [-0.39, 0.29) is 17.2 Å². The van der Waals surface area contributed by atoms with Gasteiger partial charge in [0.25, 0.3) is 5.91 Å². The first-order chi connectivity index (χ1) is 8.22. The summed E-state index contributed by atoms with van der Waals surface area (Å²) in [7, 11) is 0. The topological polar surface area (TPSA) is 70.9 Å². The molecule has 0 aromatic carbocycles. The number of furan rings is 1. The van der Waals surface area contributed by atoms with Crippen molar-refractivity contribution < 1.29 is 9.21 Å². The highest BCUT2D eigenvalue weighted by atomic mass is 35.5. The van der Waals surface area contributed by atoms with Crippen LogP contribution < -0.4 is 5.32 Å². The molecule has 0 saturated heterocycles. The molecular weight excluding hydrogens is 242 g/mol. The summed E-state index contributed by atoms with van der Waals surface area (Å²) in [5.74, 6) is 0.451. The first-order valence-electron chi connectivity index (χ1n) is 5.25. The second kappa shape index (κ2) is 5.05. The highest BCUT2D eigenvalue weighted by molar-refractivity contribution is 6.32. The SMILES string of the molecule is CCC(NC(=O)c1ccoc1Cl)c1ncc[nH]1. The van der Waals surface area contributed by atoms with E-state index in [0.717, 1.165) is 12.2 Å². The molecule has 6 heteroatoms. The molecule has 17 heavy (non-hydrogen) atoms. The summed E-state index contributed by atoms with van der Waals surface area (Å²) in [6, 6.07) is 1.37. The zero-order valence-electron chi connectivity index (χ0n) is 9.24. The normalized spacial score (nSPS) is 12.4. The summed E-state index contributed by atoms with van der Waals surface area (Å²) in [5, 5.41) is 2.93. The molecule has 1 atom stereocenters. The van der Waals surface area contributed by atoms with Crippen molar-refractivity contribution in [3.05, 3.63) is 41.3 Å². The Morgan fingerprint density at radius 1 is 1.71 bits per heavy atom. The molecule has 90 valence electrons. The molecule has 0 bridgehead atoms. The van der Waals surface area contributed by atoms with Gasteiger partial charge in [0.2, 0.25) is 5.22 Å². The monoisotopic (exact) mass is 253 g/mol. The standard InChI is InChI=1S/C11H12ClN3O2/c1-2-8(10-13-4-5-14-10)15-11(16)7-3-6-17-9(7)12/h3-6,8H,2H2,1H3,(H,13,14)(H,15,16). The maximum Gasteiger partial charge on any atom is 0.256 e. The fourth-order valence-corrected chi connectivity index (χ4v) is 1.72. The molecule has 2 aromatic heterocycles. The van der Waals surface area contributed by atoms with Crippen LogP contribution >= 0.6 is 11.6 Å². The molecule has 5 nitrogen and oxygen atoms in total. The number of imidazole rings is 1. The lowest BCUT2D eigenvalue weighted by atomic mass is 10.2. The predicted octanol–water partition coefficient (Wildman–Crippen LogP) is 2.54. The molecule has 2 heterocycles. The number of rotatable bonds is 4. The minimum atomic E-state index is -0.271. The largest absolute Gasteiger partial charge is 0.452 e. The number of nitrogens with one attached hydrogen (secondary N) is 2. The average Bonchev–Trinajstić information content (AvgIpc) is 2.96. The number of amides is 1. The Kier molecular flexibility index (Phi) is 3.49. The quantitative estimate of drug-likeness (QED) is 0.880. The Balaban J connectivity index is 2.10. The van der Waals surface area contributed by atoms with Crippen molar-refractivity contribution in [3.8, 4) is 0 Å². The molecule has 0 spiro atoms. The van der Waals surface area contributed by atoms with Gasteiger partial charge in [-0.1, -0.05) is 6.92 Å². The van der Waals surface area contributed by atoms with Crippen LogP contribution in [-0.2, 0) is 0 Å². The van der Waals surface area contributed by atoms with E-state index in [2.05, 4.69) is 15.3 Å². The third kappa shape index (κ3) is 2.50. The first kappa shape index (κ1) is 11.7. The first-order valence-corrected chi connectivity index (χ1v) is 5.63. The summed E-state index contributed by atoms with van der Waals surface area (Å²) in [5.41, 5.74) is 0.330. The number of carbonyl (C=O) groups is 1. The van der Waals surface area contributed by atoms with Gasteiger partial charge >= 0.3 is 0 Å². The summed E-state index contributed by atoms with van der Waals surface area (Å²) in [6.07, 6.45) is 5.48. The molecule has 2 aromatic rings. The zero-order valence-corrected chi connectivity index (χ0v) is 9.99. The lowest BCUT2D eigenvalue weighted by molar-refractivity contribution is 0.0933. The van der Waals surface area contributed by atoms with Gasteiger partial charge in [-0.3, -0.25) is 4.79 Å². The van der Waals surface area contributed by atoms with Crippen LogP contribution in [0.15, 0.2) is 29.1 Å². The van der Waals surface area contributed by atoms with Gasteiger partial charge in [0.15, 0.2) is 0 Å². The maximum absolute atomic E-state index is 11.9. The molecule has 0 radical (unpaired) electrons. The van der Waals surface area contributed by atoms with E-state index in [9.17, 15) is 4.79 Å². The lowest BCUT2D eigenvalue weighted by Gasteiger charge is -2.13. The van der Waals surface area contributed by atoms with Crippen molar-refractivity contribution in [1.82, 2.24) is 15.3 Å². The minimum Gasteiger partial charge on any atom is -0.452 e. The van der Waals surface area contributed by atoms with E-state index < -0.39 is 0 Å². The molecule has 0 aliphatic heterocycles. The molecule has 0 aliphatic rings. The van der Waals surface area contributed by atoms with Crippen LogP contribution in [0, 0.1) is 0 Å². The second-order valence-electron chi connectivity index (χ2n) is 3.52. The Hall–Kier alpha value is -1.75. The molecular formula is C11H12ClN3O2. The van der Waals surface area contributed by atoms with E-state index in [1.54, 1.807) is 12.4 Å². The van der Waals surface area contributed by atoms with Gasteiger partial charge in [-0.2, -0.15) is 0 Å². The van der Waals surface area contributed by atoms with Crippen LogP contribution in [0.4, 0.5) is 0 Å². The van der Waals surface area contributed by atoms with Gasteiger partial charge in [-0.05, 0) is 24.1 Å². The third-order valence-corrected chi connectivity index (χ3v) is 2.72. The number of nitrogens with zero attached hydrogens (tertiary/aromatic N) is 1. The highest BCUT2D eigenvalue weighted by Crippen LogP contribution is 2.18. The number of aromatic nitrogens is 2. The maximum atomic E-state index is 11.9. The van der Waals surface area contributed by atoms with Crippen molar-refractivity contribution >= 4 is 17.5 Å². The summed E-state index contributed by atoms with van der Waals surface area (Å²) in [6.45, 7) is 1.96. The van der Waals surface area contributed by atoms with E-state index in [1.807, 2.05) is 6.92 Å². The van der Waals surface area contributed by atoms with E-state index in [4.69, 9.17) is 16.0 Å². The lowest BCUT2D eigenvalue weighted by Crippen LogP contribution is -2.28. The van der Waals surface area contributed by atoms with Crippen LogP contribution in [0.25, 0.3) is 0 Å². The number of hydrogen-bond donors (Lipinski definition) is 2. The summed E-state index contributed by atoms with van der Waals surface area (Å²) >= 11 is 5.74. The van der Waals surface area contributed by atoms with Crippen molar-refractivity contribution in [2.75, 3.05) is 0 Å². The van der Waals surface area contributed by atoms with Crippen molar-refractivity contribution in [1.29, 1.82) is 0 Å². The van der Waals surface area contributed by atoms with E-state index in [0.29, 0.717) is 5.56 Å². The average molecular weight is 254 g/mol. The molecule has 0 saturated carbocycles. The number of halogens is 1. The van der Waals surface area contributed by atoms with E-state index >= 15 is 0 Å². The Morgan fingerprint density at radius 3 is 3.06 bits per heavy atom. The smallest absolute Gasteiger partial charge is 0.256 e. The molecule has 2 N–H and O–H groups in total. The van der Waals surface area contributed by atoms with Gasteiger partial charge in [-0.15, -0.1) is 0 Å². The fraction of sp³-hybridized carbons (Fsp3) is 0.273. The predicted molar refractivity (Wildman–Crippen MR) is 62.8 cm³/mol. The second-order valence-corrected chi connectivity index (χ2v) is 3.86. The fourth-order valence-electron chi connectivity index (χ4n) is 1.52. The van der Waals surface area contributed by atoms with Crippen LogP contribution in [0.1, 0.15) is 35.6 Å². The Labute approximate surface area is 103 Å². The van der Waals surface area contributed by atoms with E-state index in [1.165, 1.54) is 12.3 Å². The van der Waals surface area contributed by atoms with Gasteiger partial charge < -0.3 is 14.7 Å². The minimum absolute atomic E-state index is 0.0943. The van der Waals surface area contributed by atoms with Crippen molar-refractivity contribution in [2.45, 2.75) is 19.4 Å². The van der Waals surface area contributed by atoms with Gasteiger partial charge in [0.1, 0.15) is 5.82 Å². The Bertz CT molecular complexity index is 493. The van der Waals surface area contributed by atoms with Crippen LogP contribution in [0.3, 0.4) is 0 Å². The molecule has 1 amide bonds. The van der Waals surface area contributed by atoms with Gasteiger partial charge in [0, 0.05) is 12.4 Å². The number of hydrogen-bond acceptors (Lipinski definition) is 3. The number of carbonyl (C=O) groups excluding carboxylic acids is 1. The van der Waals surface area contributed by atoms with Crippen molar-refractivity contribution in [2.24, 2.45) is 0 Å². The number of aromatic amines is 1. The van der Waals surface area contributed by atoms with Crippen LogP contribution in [0.5, 0.6) is 0 Å². The van der Waals surface area contributed by atoms with Crippen molar-refractivity contribution in [3.63, 3.8) is 0 Å². The molecule has 1 unspecified atom stereocenters. The van der Waals surface area contributed by atoms with Gasteiger partial charge in [-0.25, -0.2) is 4.98 Å². The molecule has 0 fully saturated rings. The van der Waals surface area contributed by atoms with Crippen LogP contribution in [-0.4, -0.2) is 15.9 Å². The molecule has 2 rings (SSSR count). The molecule has 0 aliphatic carbocycles. The Morgan fingerprint density at radius 2 is 2.53 bits per heavy atom. The third-order valence-electron chi connectivity index (χ3n) is 2.43. The summed E-state index contributed by atoms with van der Waals surface area (Å²) < 4.78 is 4.87. The van der Waals surface area contributed by atoms with Gasteiger partial charge in [0.05, 0.1) is 17.9 Å².